The molecule has 2 aliphatic rings. The van der Waals surface area contributed by atoms with Crippen molar-refractivity contribution >= 4 is 0 Å². The second-order valence-corrected chi connectivity index (χ2v) is 5.87. The number of nitrogens with one attached hydrogen (secondary N) is 1. The molecule has 3 unspecified atom stereocenters. The number of fused-ring (bicyclic) bond motifs is 1. The van der Waals surface area contributed by atoms with Gasteiger partial charge in [0, 0.05) is 12.4 Å². The van der Waals surface area contributed by atoms with Crippen molar-refractivity contribution in [2.45, 2.75) is 38.6 Å². The van der Waals surface area contributed by atoms with Crippen molar-refractivity contribution in [3.63, 3.8) is 0 Å². The Hall–Kier alpha value is -1.16. The van der Waals surface area contributed by atoms with E-state index in [1.54, 1.807) is 19.5 Å². The molecule has 104 valence electrons. The Morgan fingerprint density at radius 1 is 1.26 bits per heavy atom. The maximum Gasteiger partial charge on any atom is 0.237 e. The molecule has 3 rings (SSSR count). The van der Waals surface area contributed by atoms with Crippen molar-refractivity contribution in [1.29, 1.82) is 0 Å². The predicted molar refractivity (Wildman–Crippen MR) is 73.9 cm³/mol. The van der Waals surface area contributed by atoms with E-state index in [0.29, 0.717) is 17.8 Å². The first kappa shape index (κ1) is 12.9. The highest BCUT2D eigenvalue weighted by atomic mass is 16.5. The highest BCUT2D eigenvalue weighted by molar-refractivity contribution is 5.23. The van der Waals surface area contributed by atoms with E-state index in [9.17, 15) is 0 Å². The molecule has 4 heteroatoms. The van der Waals surface area contributed by atoms with Gasteiger partial charge in [0.05, 0.1) is 13.2 Å². The Bertz CT molecular complexity index is 427. The number of rotatable bonds is 6. The average molecular weight is 261 g/mol. The van der Waals surface area contributed by atoms with Crippen molar-refractivity contribution in [2.24, 2.45) is 17.8 Å². The Labute approximate surface area is 115 Å². The molecule has 1 N–H and O–H groups in total. The summed E-state index contributed by atoms with van der Waals surface area (Å²) in [5, 5.41) is 3.66. The van der Waals surface area contributed by atoms with Crippen LogP contribution in [0.4, 0.5) is 0 Å². The monoisotopic (exact) mass is 261 g/mol. The van der Waals surface area contributed by atoms with Crippen LogP contribution in [-0.2, 0) is 0 Å². The van der Waals surface area contributed by atoms with Gasteiger partial charge in [-0.1, -0.05) is 6.92 Å². The summed E-state index contributed by atoms with van der Waals surface area (Å²) >= 11 is 0. The smallest absolute Gasteiger partial charge is 0.237 e. The number of aromatic nitrogens is 2. The lowest BCUT2D eigenvalue weighted by atomic mass is 9.92. The summed E-state index contributed by atoms with van der Waals surface area (Å²) < 4.78 is 5.39. The summed E-state index contributed by atoms with van der Waals surface area (Å²) in [4.78, 5) is 8.84. The summed E-state index contributed by atoms with van der Waals surface area (Å²) in [7, 11) is 1.68. The molecule has 2 aliphatic carbocycles. The van der Waals surface area contributed by atoms with Gasteiger partial charge in [-0.05, 0) is 50.0 Å². The molecule has 4 nitrogen and oxygen atoms in total. The minimum absolute atomic E-state index is 0.302. The van der Waals surface area contributed by atoms with Crippen LogP contribution in [0.5, 0.6) is 5.88 Å². The fourth-order valence-electron chi connectivity index (χ4n) is 3.53. The van der Waals surface area contributed by atoms with E-state index >= 15 is 0 Å². The highest BCUT2D eigenvalue weighted by Gasteiger charge is 2.48. The third-order valence-corrected chi connectivity index (χ3v) is 4.54. The topological polar surface area (TPSA) is 47.0 Å². The zero-order valence-electron chi connectivity index (χ0n) is 11.8. The highest BCUT2D eigenvalue weighted by Crippen LogP contribution is 2.57. The van der Waals surface area contributed by atoms with Gasteiger partial charge >= 0.3 is 0 Å². The number of methoxy groups -OCH3 is 1. The van der Waals surface area contributed by atoms with E-state index in [2.05, 4.69) is 22.2 Å². The molecule has 19 heavy (non-hydrogen) atoms. The van der Waals surface area contributed by atoms with Gasteiger partial charge in [0.1, 0.15) is 5.69 Å². The molecule has 2 fully saturated rings. The fraction of sp³-hybridized carbons (Fsp3) is 0.733. The summed E-state index contributed by atoms with van der Waals surface area (Å²) in [6, 6.07) is 0.302. The second kappa shape index (κ2) is 5.45. The lowest BCUT2D eigenvalue weighted by Gasteiger charge is -2.26. The Kier molecular flexibility index (Phi) is 3.69. The van der Waals surface area contributed by atoms with E-state index in [1.165, 1.54) is 19.3 Å². The van der Waals surface area contributed by atoms with Crippen molar-refractivity contribution < 1.29 is 4.74 Å². The van der Waals surface area contributed by atoms with Crippen LogP contribution in [0, 0.1) is 17.8 Å². The van der Waals surface area contributed by atoms with Crippen molar-refractivity contribution in [2.75, 3.05) is 13.7 Å². The van der Waals surface area contributed by atoms with Gasteiger partial charge in [-0.25, -0.2) is 4.98 Å². The van der Waals surface area contributed by atoms with Crippen molar-refractivity contribution in [3.05, 3.63) is 18.1 Å². The van der Waals surface area contributed by atoms with E-state index in [4.69, 9.17) is 4.74 Å². The molecular formula is C15H23N3O. The second-order valence-electron chi connectivity index (χ2n) is 5.87. The number of hydrogen-bond donors (Lipinski definition) is 1. The van der Waals surface area contributed by atoms with E-state index in [1.807, 2.05) is 0 Å². The first-order valence-electron chi connectivity index (χ1n) is 7.41. The summed E-state index contributed by atoms with van der Waals surface area (Å²) in [6.07, 6.45) is 8.74. The molecule has 0 aromatic carbocycles. The average Bonchev–Trinajstić information content (AvgIpc) is 3.06. The van der Waals surface area contributed by atoms with Crippen LogP contribution >= 0.6 is 0 Å². The van der Waals surface area contributed by atoms with Gasteiger partial charge in [0.25, 0.3) is 0 Å². The van der Waals surface area contributed by atoms with Crippen LogP contribution in [0.3, 0.4) is 0 Å². The molecule has 0 radical (unpaired) electrons. The summed E-state index contributed by atoms with van der Waals surface area (Å²) in [6.45, 7) is 3.22. The number of ether oxygens (including phenoxy) is 1. The van der Waals surface area contributed by atoms with Crippen LogP contribution in [0.25, 0.3) is 0 Å². The quantitative estimate of drug-likeness (QED) is 0.855. The lowest BCUT2D eigenvalue weighted by Crippen LogP contribution is -2.30. The van der Waals surface area contributed by atoms with Crippen molar-refractivity contribution in [3.8, 4) is 5.88 Å². The van der Waals surface area contributed by atoms with Gasteiger partial charge in [0.2, 0.25) is 5.88 Å². The molecule has 1 aromatic heterocycles. The maximum atomic E-state index is 5.39. The summed E-state index contributed by atoms with van der Waals surface area (Å²) in [5.41, 5.74) is 0.991. The lowest BCUT2D eigenvalue weighted by molar-refractivity contribution is 0.314. The molecule has 0 spiro atoms. The largest absolute Gasteiger partial charge is 0.480 e. The van der Waals surface area contributed by atoms with Gasteiger partial charge < -0.3 is 10.1 Å². The van der Waals surface area contributed by atoms with E-state index in [-0.39, 0.29) is 0 Å². The van der Waals surface area contributed by atoms with Crippen LogP contribution in [-0.4, -0.2) is 23.6 Å². The molecule has 0 saturated heterocycles. The van der Waals surface area contributed by atoms with Gasteiger partial charge in [-0.2, -0.15) is 0 Å². The SMILES string of the molecule is CCCNC(c1nccnc1OC)C1CC2CC2C1. The van der Waals surface area contributed by atoms with Crippen LogP contribution in [0.15, 0.2) is 12.4 Å². The minimum Gasteiger partial charge on any atom is -0.480 e. The molecule has 0 bridgehead atoms. The normalized spacial score (nSPS) is 29.9. The molecule has 2 saturated carbocycles. The van der Waals surface area contributed by atoms with Crippen LogP contribution in [0.1, 0.15) is 44.3 Å². The predicted octanol–water partition coefficient (Wildman–Crippen LogP) is 2.57. The standard InChI is InChI=1S/C15H23N3O/c1-3-4-16-13(12-8-10-7-11(10)9-12)14-15(19-2)18-6-5-17-14/h5-6,10-13,16H,3-4,7-9H2,1-2H3. The zero-order valence-corrected chi connectivity index (χ0v) is 11.8. The van der Waals surface area contributed by atoms with E-state index in [0.717, 1.165) is 30.5 Å². The molecule has 1 heterocycles. The maximum absolute atomic E-state index is 5.39. The van der Waals surface area contributed by atoms with Crippen LogP contribution < -0.4 is 10.1 Å². The molecular weight excluding hydrogens is 238 g/mol. The summed E-state index contributed by atoms with van der Waals surface area (Å²) in [5.74, 6) is 3.34. The third-order valence-electron chi connectivity index (χ3n) is 4.54. The molecule has 1 aromatic rings. The third kappa shape index (κ3) is 2.59. The first-order chi connectivity index (χ1) is 9.33. The van der Waals surface area contributed by atoms with Gasteiger partial charge in [-0.15, -0.1) is 0 Å². The molecule has 0 amide bonds. The van der Waals surface area contributed by atoms with Gasteiger partial charge in [-0.3, -0.25) is 4.98 Å². The van der Waals surface area contributed by atoms with Crippen molar-refractivity contribution in [1.82, 2.24) is 15.3 Å². The Morgan fingerprint density at radius 2 is 2.00 bits per heavy atom. The van der Waals surface area contributed by atoms with Gasteiger partial charge in [0.15, 0.2) is 0 Å². The Balaban J connectivity index is 1.80. The Morgan fingerprint density at radius 3 is 2.68 bits per heavy atom. The zero-order chi connectivity index (χ0) is 13.2. The molecule has 0 aliphatic heterocycles. The fourth-order valence-corrected chi connectivity index (χ4v) is 3.53. The minimum atomic E-state index is 0.302. The number of nitrogens with zero attached hydrogens (tertiary/aromatic N) is 2. The first-order valence-corrected chi connectivity index (χ1v) is 7.41. The number of hydrogen-bond acceptors (Lipinski definition) is 4. The van der Waals surface area contributed by atoms with E-state index < -0.39 is 0 Å². The van der Waals surface area contributed by atoms with Crippen LogP contribution in [0.2, 0.25) is 0 Å². The molecule has 3 atom stereocenters.